The van der Waals surface area contributed by atoms with Crippen molar-refractivity contribution in [3.8, 4) is 5.69 Å². The molecule has 1 aromatic heterocycles. The van der Waals surface area contributed by atoms with E-state index in [9.17, 15) is 4.79 Å². The van der Waals surface area contributed by atoms with E-state index in [-0.39, 0.29) is 11.7 Å². The Hall–Kier alpha value is -2.70. The molecule has 2 aromatic carbocycles. The van der Waals surface area contributed by atoms with Crippen LogP contribution in [0.4, 0.5) is 0 Å². The van der Waals surface area contributed by atoms with Crippen molar-refractivity contribution in [3.05, 3.63) is 75.8 Å². The number of benzene rings is 2. The number of halogens is 1. The van der Waals surface area contributed by atoms with E-state index in [0.717, 1.165) is 43.0 Å². The Bertz CT molecular complexity index is 1060. The highest BCUT2D eigenvalue weighted by Crippen LogP contribution is 2.40. The van der Waals surface area contributed by atoms with Gasteiger partial charge in [-0.2, -0.15) is 0 Å². The Labute approximate surface area is 167 Å². The van der Waals surface area contributed by atoms with Crippen LogP contribution in [0.5, 0.6) is 0 Å². The molecule has 1 aliphatic carbocycles. The fourth-order valence-corrected chi connectivity index (χ4v) is 3.76. The van der Waals surface area contributed by atoms with Crippen LogP contribution >= 0.6 is 11.6 Å². The lowest BCUT2D eigenvalue weighted by molar-refractivity contribution is 0.0940. The first-order valence-corrected chi connectivity index (χ1v) is 9.88. The highest BCUT2D eigenvalue weighted by atomic mass is 35.5. The van der Waals surface area contributed by atoms with Crippen molar-refractivity contribution in [2.24, 2.45) is 0 Å². The molecule has 5 rings (SSSR count). The molecule has 3 aromatic rings. The summed E-state index contributed by atoms with van der Waals surface area (Å²) in [7, 11) is 0. The van der Waals surface area contributed by atoms with Crippen LogP contribution in [0.1, 0.15) is 51.9 Å². The summed E-state index contributed by atoms with van der Waals surface area (Å²) in [6, 6.07) is 13.8. The monoisotopic (exact) mass is 393 g/mol. The predicted octanol–water partition coefficient (Wildman–Crippen LogP) is 3.33. The zero-order valence-electron chi connectivity index (χ0n) is 15.3. The Morgan fingerprint density at radius 3 is 2.82 bits per heavy atom. The van der Waals surface area contributed by atoms with Gasteiger partial charge < -0.3 is 10.6 Å². The number of amides is 1. The van der Waals surface area contributed by atoms with Crippen molar-refractivity contribution in [2.75, 3.05) is 0 Å². The third-order valence-electron chi connectivity index (χ3n) is 5.21. The lowest BCUT2D eigenvalue weighted by atomic mass is 10.1. The highest BCUT2D eigenvalue weighted by Gasteiger charge is 2.32. The fourth-order valence-electron chi connectivity index (χ4n) is 3.55. The number of hydrogen-bond acceptors (Lipinski definition) is 4. The van der Waals surface area contributed by atoms with Crippen molar-refractivity contribution in [2.45, 2.75) is 38.4 Å². The second-order valence-corrected chi connectivity index (χ2v) is 7.73. The maximum atomic E-state index is 12.7. The fraction of sp³-hybridized carbons (Fsp3) is 0.286. The smallest absolute Gasteiger partial charge is 0.291 e. The SMILES string of the molecule is O=C(NCc1ccc2c(c1)CNC2)c1nc(C2CC2)n(-c2ccccc2Cl)n1. The molecule has 0 spiro atoms. The van der Waals surface area contributed by atoms with E-state index in [2.05, 4.69) is 38.9 Å². The van der Waals surface area contributed by atoms with Crippen LogP contribution < -0.4 is 10.6 Å². The summed E-state index contributed by atoms with van der Waals surface area (Å²) < 4.78 is 1.72. The van der Waals surface area contributed by atoms with Crippen molar-refractivity contribution in [1.82, 2.24) is 25.4 Å². The first-order chi connectivity index (χ1) is 13.7. The summed E-state index contributed by atoms with van der Waals surface area (Å²) in [5, 5.41) is 11.3. The number of nitrogens with zero attached hydrogens (tertiary/aromatic N) is 3. The van der Waals surface area contributed by atoms with Crippen molar-refractivity contribution in [1.29, 1.82) is 0 Å². The van der Waals surface area contributed by atoms with Gasteiger partial charge in [-0.05, 0) is 41.7 Å². The van der Waals surface area contributed by atoms with Crippen molar-refractivity contribution < 1.29 is 4.79 Å². The zero-order chi connectivity index (χ0) is 19.1. The van der Waals surface area contributed by atoms with E-state index in [0.29, 0.717) is 17.5 Å². The molecule has 0 atom stereocenters. The minimum Gasteiger partial charge on any atom is -0.345 e. The molecular weight excluding hydrogens is 374 g/mol. The summed E-state index contributed by atoms with van der Waals surface area (Å²) in [6.07, 6.45) is 2.13. The number of rotatable bonds is 5. The standard InChI is InChI=1S/C21H20ClN5O/c22-17-3-1-2-4-18(17)27-20(14-7-8-14)25-19(26-27)21(28)24-10-13-5-6-15-11-23-12-16(15)9-13/h1-6,9,14,23H,7-8,10-12H2,(H,24,28). The quantitative estimate of drug-likeness (QED) is 0.697. The molecule has 1 saturated carbocycles. The van der Waals surface area contributed by atoms with Crippen LogP contribution in [-0.2, 0) is 19.6 Å². The average Bonchev–Trinajstić information content (AvgIpc) is 3.28. The number of aromatic nitrogens is 3. The Kier molecular flexibility index (Phi) is 4.37. The predicted molar refractivity (Wildman–Crippen MR) is 106 cm³/mol. The first kappa shape index (κ1) is 17.4. The van der Waals surface area contributed by atoms with Crippen LogP contribution in [0.25, 0.3) is 5.69 Å². The first-order valence-electron chi connectivity index (χ1n) is 9.50. The van der Waals surface area contributed by atoms with Gasteiger partial charge in [-0.25, -0.2) is 9.67 Å². The molecule has 2 aliphatic rings. The molecule has 6 nitrogen and oxygen atoms in total. The third kappa shape index (κ3) is 3.30. The normalized spacial score (nSPS) is 15.5. The molecule has 1 aliphatic heterocycles. The Balaban J connectivity index is 1.36. The Morgan fingerprint density at radius 1 is 1.18 bits per heavy atom. The number of hydrogen-bond donors (Lipinski definition) is 2. The lowest BCUT2D eigenvalue weighted by Crippen LogP contribution is -2.24. The summed E-state index contributed by atoms with van der Waals surface area (Å²) in [5.74, 6) is 1.06. The number of fused-ring (bicyclic) bond motifs is 1. The second-order valence-electron chi connectivity index (χ2n) is 7.32. The van der Waals surface area contributed by atoms with Crippen LogP contribution in [0.15, 0.2) is 42.5 Å². The molecule has 0 unspecified atom stereocenters. The molecule has 7 heteroatoms. The molecule has 0 bridgehead atoms. The van der Waals surface area contributed by atoms with Crippen LogP contribution in [0.3, 0.4) is 0 Å². The molecule has 2 N–H and O–H groups in total. The number of carbonyl (C=O) groups excluding carboxylic acids is 1. The molecule has 142 valence electrons. The topological polar surface area (TPSA) is 71.8 Å². The van der Waals surface area contributed by atoms with Crippen LogP contribution in [0.2, 0.25) is 5.02 Å². The molecule has 1 fully saturated rings. The second kappa shape index (κ2) is 7.04. The van der Waals surface area contributed by atoms with Gasteiger partial charge in [0.05, 0.1) is 10.7 Å². The highest BCUT2D eigenvalue weighted by molar-refractivity contribution is 6.32. The summed E-state index contributed by atoms with van der Waals surface area (Å²) in [4.78, 5) is 17.2. The molecular formula is C21H20ClN5O. The van der Waals surface area contributed by atoms with Gasteiger partial charge in [0, 0.05) is 25.6 Å². The summed E-state index contributed by atoms with van der Waals surface area (Å²) >= 11 is 6.34. The van der Waals surface area contributed by atoms with Gasteiger partial charge in [0.1, 0.15) is 5.82 Å². The van der Waals surface area contributed by atoms with Crippen molar-refractivity contribution in [3.63, 3.8) is 0 Å². The van der Waals surface area contributed by atoms with Gasteiger partial charge in [0.2, 0.25) is 5.82 Å². The maximum Gasteiger partial charge on any atom is 0.291 e. The van der Waals surface area contributed by atoms with Gasteiger partial charge in [-0.1, -0.05) is 41.9 Å². The van der Waals surface area contributed by atoms with Gasteiger partial charge in [-0.3, -0.25) is 4.79 Å². The van der Waals surface area contributed by atoms with E-state index < -0.39 is 0 Å². The van der Waals surface area contributed by atoms with Gasteiger partial charge in [0.25, 0.3) is 5.91 Å². The summed E-state index contributed by atoms with van der Waals surface area (Å²) in [6.45, 7) is 2.24. The van der Waals surface area contributed by atoms with E-state index in [1.807, 2.05) is 24.3 Å². The van der Waals surface area contributed by atoms with Crippen molar-refractivity contribution >= 4 is 17.5 Å². The minimum atomic E-state index is -0.272. The third-order valence-corrected chi connectivity index (χ3v) is 5.53. The molecule has 2 heterocycles. The number of carbonyl (C=O) groups is 1. The Morgan fingerprint density at radius 2 is 2.00 bits per heavy atom. The molecule has 28 heavy (non-hydrogen) atoms. The molecule has 1 amide bonds. The van der Waals surface area contributed by atoms with E-state index in [1.165, 1.54) is 11.1 Å². The molecule has 0 saturated heterocycles. The molecule has 0 radical (unpaired) electrons. The van der Waals surface area contributed by atoms with E-state index in [1.54, 1.807) is 4.68 Å². The summed E-state index contributed by atoms with van der Waals surface area (Å²) in [5.41, 5.74) is 4.45. The van der Waals surface area contributed by atoms with Crippen LogP contribution in [0, 0.1) is 0 Å². The van der Waals surface area contributed by atoms with Crippen LogP contribution in [-0.4, -0.2) is 20.7 Å². The average molecular weight is 394 g/mol. The van der Waals surface area contributed by atoms with Gasteiger partial charge in [-0.15, -0.1) is 5.10 Å². The van der Waals surface area contributed by atoms with E-state index in [4.69, 9.17) is 11.6 Å². The van der Waals surface area contributed by atoms with Gasteiger partial charge in [0.15, 0.2) is 0 Å². The maximum absolute atomic E-state index is 12.7. The number of para-hydroxylation sites is 1. The van der Waals surface area contributed by atoms with E-state index >= 15 is 0 Å². The zero-order valence-corrected chi connectivity index (χ0v) is 16.0. The largest absolute Gasteiger partial charge is 0.345 e. The number of nitrogens with one attached hydrogen (secondary N) is 2. The minimum absolute atomic E-state index is 0.185. The lowest BCUT2D eigenvalue weighted by Gasteiger charge is -2.06. The van der Waals surface area contributed by atoms with Gasteiger partial charge >= 0.3 is 0 Å².